The monoisotopic (exact) mass is 355 g/mol. The van der Waals surface area contributed by atoms with Crippen LogP contribution in [0.1, 0.15) is 29.5 Å². The van der Waals surface area contributed by atoms with Crippen molar-refractivity contribution in [3.8, 4) is 0 Å². The van der Waals surface area contributed by atoms with Gasteiger partial charge < -0.3 is 10.6 Å². The van der Waals surface area contributed by atoms with Crippen LogP contribution in [0.4, 0.5) is 5.82 Å². The summed E-state index contributed by atoms with van der Waals surface area (Å²) in [5.41, 5.74) is 3.34. The number of rotatable bonds is 5. The summed E-state index contributed by atoms with van der Waals surface area (Å²) in [5.74, 6) is 0.785. The zero-order valence-electron chi connectivity index (χ0n) is 16.2. The van der Waals surface area contributed by atoms with Crippen molar-refractivity contribution in [2.24, 2.45) is 7.05 Å². The average Bonchev–Trinajstić information content (AvgIpc) is 3.00. The zero-order valence-corrected chi connectivity index (χ0v) is 16.2. The van der Waals surface area contributed by atoms with Crippen LogP contribution in [-0.4, -0.2) is 46.3 Å². The summed E-state index contributed by atoms with van der Waals surface area (Å²) in [6.07, 6.45) is 3.40. The molecule has 6 nitrogen and oxygen atoms in total. The highest BCUT2D eigenvalue weighted by atomic mass is 16.2. The smallest absolute Gasteiger partial charge is 0.245 e. The van der Waals surface area contributed by atoms with Gasteiger partial charge in [-0.05, 0) is 32.3 Å². The van der Waals surface area contributed by atoms with Crippen LogP contribution in [-0.2, 0) is 18.4 Å². The molecule has 1 fully saturated rings. The lowest BCUT2D eigenvalue weighted by Gasteiger charge is -2.41. The van der Waals surface area contributed by atoms with Crippen molar-refractivity contribution in [3.63, 3.8) is 0 Å². The number of carbonyl (C=O) groups excluding carboxylic acids is 1. The lowest BCUT2D eigenvalue weighted by Crippen LogP contribution is -2.57. The van der Waals surface area contributed by atoms with Crippen LogP contribution in [0.25, 0.3) is 0 Å². The average molecular weight is 355 g/mol. The highest BCUT2D eigenvalue weighted by Crippen LogP contribution is 2.28. The van der Waals surface area contributed by atoms with Gasteiger partial charge >= 0.3 is 0 Å². The molecule has 1 aliphatic heterocycles. The van der Waals surface area contributed by atoms with E-state index in [0.717, 1.165) is 38.3 Å². The van der Waals surface area contributed by atoms with E-state index in [2.05, 4.69) is 52.7 Å². The second kappa shape index (κ2) is 7.50. The van der Waals surface area contributed by atoms with E-state index in [-0.39, 0.29) is 5.91 Å². The number of aromatic nitrogens is 2. The number of likely N-dealkylation sites (tertiary alicyclic amines) is 1. The molecule has 0 unspecified atom stereocenters. The first-order chi connectivity index (χ1) is 12.4. The number of nitrogens with one attached hydrogen (secondary N) is 2. The third-order valence-electron chi connectivity index (χ3n) is 5.14. The predicted molar refractivity (Wildman–Crippen MR) is 104 cm³/mol. The SMILES string of the molecule is CNC(=O)C1(Nc2ccn(C)n2)CCN(Cc2cc(C)cc(C)c2)CC1. The molecule has 0 atom stereocenters. The van der Waals surface area contributed by atoms with Gasteiger partial charge in [-0.15, -0.1) is 0 Å². The van der Waals surface area contributed by atoms with Gasteiger partial charge in [-0.2, -0.15) is 5.10 Å². The van der Waals surface area contributed by atoms with Crippen molar-refractivity contribution >= 4 is 11.7 Å². The molecular weight excluding hydrogens is 326 g/mol. The molecule has 0 spiro atoms. The minimum atomic E-state index is -0.595. The Bertz CT molecular complexity index is 754. The molecule has 6 heteroatoms. The molecule has 0 saturated carbocycles. The number of anilines is 1. The van der Waals surface area contributed by atoms with Crippen LogP contribution < -0.4 is 10.6 Å². The van der Waals surface area contributed by atoms with Crippen molar-refractivity contribution in [2.45, 2.75) is 38.8 Å². The lowest BCUT2D eigenvalue weighted by molar-refractivity contribution is -0.126. The highest BCUT2D eigenvalue weighted by molar-refractivity contribution is 5.89. The van der Waals surface area contributed by atoms with Gasteiger partial charge in [-0.25, -0.2) is 0 Å². The van der Waals surface area contributed by atoms with Crippen LogP contribution in [0.15, 0.2) is 30.5 Å². The molecule has 2 aromatic rings. The Morgan fingerprint density at radius 2 is 1.85 bits per heavy atom. The molecule has 26 heavy (non-hydrogen) atoms. The molecule has 140 valence electrons. The van der Waals surface area contributed by atoms with Crippen LogP contribution >= 0.6 is 0 Å². The van der Waals surface area contributed by atoms with E-state index in [9.17, 15) is 4.79 Å². The molecule has 3 rings (SSSR count). The maximum atomic E-state index is 12.6. The molecule has 2 heterocycles. The second-order valence-corrected chi connectivity index (χ2v) is 7.43. The quantitative estimate of drug-likeness (QED) is 0.863. The minimum Gasteiger partial charge on any atom is -0.357 e. The van der Waals surface area contributed by atoms with Gasteiger partial charge in [0.25, 0.3) is 0 Å². The van der Waals surface area contributed by atoms with Gasteiger partial charge in [0.2, 0.25) is 5.91 Å². The number of hydrogen-bond donors (Lipinski definition) is 2. The van der Waals surface area contributed by atoms with Crippen LogP contribution in [0.5, 0.6) is 0 Å². The third kappa shape index (κ3) is 4.07. The molecular formula is C20H29N5O. The maximum Gasteiger partial charge on any atom is 0.245 e. The molecule has 1 aromatic carbocycles. The van der Waals surface area contributed by atoms with Crippen molar-refractivity contribution in [3.05, 3.63) is 47.2 Å². The van der Waals surface area contributed by atoms with E-state index in [1.807, 2.05) is 19.3 Å². The summed E-state index contributed by atoms with van der Waals surface area (Å²) >= 11 is 0. The Kier molecular flexibility index (Phi) is 5.32. The van der Waals surface area contributed by atoms with E-state index in [1.165, 1.54) is 16.7 Å². The fraction of sp³-hybridized carbons (Fsp3) is 0.500. The molecule has 2 N–H and O–H groups in total. The number of likely N-dealkylation sites (N-methyl/N-ethyl adjacent to an activating group) is 1. The molecule has 1 aliphatic rings. The summed E-state index contributed by atoms with van der Waals surface area (Å²) in [6.45, 7) is 6.95. The molecule has 1 aromatic heterocycles. The van der Waals surface area contributed by atoms with E-state index in [1.54, 1.807) is 11.7 Å². The van der Waals surface area contributed by atoms with Gasteiger partial charge in [0.1, 0.15) is 11.4 Å². The number of nitrogens with zero attached hydrogens (tertiary/aromatic N) is 3. The topological polar surface area (TPSA) is 62.2 Å². The van der Waals surface area contributed by atoms with Crippen molar-refractivity contribution < 1.29 is 4.79 Å². The van der Waals surface area contributed by atoms with Crippen LogP contribution in [0.2, 0.25) is 0 Å². The predicted octanol–water partition coefficient (Wildman–Crippen LogP) is 2.23. The number of aryl methyl sites for hydroxylation is 3. The first kappa shape index (κ1) is 18.5. The number of hydrogen-bond acceptors (Lipinski definition) is 4. The summed E-state index contributed by atoms with van der Waals surface area (Å²) in [6, 6.07) is 8.61. The third-order valence-corrected chi connectivity index (χ3v) is 5.14. The van der Waals surface area contributed by atoms with Crippen molar-refractivity contribution in [2.75, 3.05) is 25.5 Å². The summed E-state index contributed by atoms with van der Waals surface area (Å²) < 4.78 is 1.75. The van der Waals surface area contributed by atoms with Crippen LogP contribution in [0, 0.1) is 13.8 Å². The van der Waals surface area contributed by atoms with Gasteiger partial charge in [0.05, 0.1) is 0 Å². The largest absolute Gasteiger partial charge is 0.357 e. The number of benzene rings is 1. The van der Waals surface area contributed by atoms with E-state index in [4.69, 9.17) is 0 Å². The molecule has 0 aliphatic carbocycles. The van der Waals surface area contributed by atoms with E-state index < -0.39 is 5.54 Å². The Balaban J connectivity index is 1.69. The molecule has 1 amide bonds. The van der Waals surface area contributed by atoms with Crippen molar-refractivity contribution in [1.82, 2.24) is 20.0 Å². The summed E-state index contributed by atoms with van der Waals surface area (Å²) in [5, 5.41) is 10.6. The molecule has 0 bridgehead atoms. The van der Waals surface area contributed by atoms with E-state index in [0.29, 0.717) is 0 Å². The number of carbonyl (C=O) groups is 1. The normalized spacial score (nSPS) is 17.1. The summed E-state index contributed by atoms with van der Waals surface area (Å²) in [4.78, 5) is 15.1. The first-order valence-corrected chi connectivity index (χ1v) is 9.20. The Labute approximate surface area is 155 Å². The number of amides is 1. The zero-order chi connectivity index (χ0) is 18.7. The Morgan fingerprint density at radius 1 is 1.19 bits per heavy atom. The van der Waals surface area contributed by atoms with Crippen molar-refractivity contribution in [1.29, 1.82) is 0 Å². The minimum absolute atomic E-state index is 0.0363. The van der Waals surface area contributed by atoms with Gasteiger partial charge in [0.15, 0.2) is 0 Å². The lowest BCUT2D eigenvalue weighted by atomic mass is 9.86. The van der Waals surface area contributed by atoms with Crippen LogP contribution in [0.3, 0.4) is 0 Å². The van der Waals surface area contributed by atoms with E-state index >= 15 is 0 Å². The standard InChI is InChI=1S/C20H29N5O/c1-15-11-16(2)13-17(12-15)14-25-9-6-20(7-10-25,19(26)21-3)22-18-5-8-24(4)23-18/h5,8,11-13H,6-7,9-10,14H2,1-4H3,(H,21,26)(H,22,23). The molecule has 0 radical (unpaired) electrons. The Morgan fingerprint density at radius 3 is 2.38 bits per heavy atom. The Hall–Kier alpha value is -2.34. The number of piperidine rings is 1. The fourth-order valence-electron chi connectivity index (χ4n) is 3.89. The summed E-state index contributed by atoms with van der Waals surface area (Å²) in [7, 11) is 3.58. The second-order valence-electron chi connectivity index (χ2n) is 7.43. The fourth-order valence-corrected chi connectivity index (χ4v) is 3.89. The maximum absolute atomic E-state index is 12.6. The van der Waals surface area contributed by atoms with Gasteiger partial charge in [-0.3, -0.25) is 14.4 Å². The molecule has 1 saturated heterocycles. The highest BCUT2D eigenvalue weighted by Gasteiger charge is 2.41. The first-order valence-electron chi connectivity index (χ1n) is 9.20. The van der Waals surface area contributed by atoms with Gasteiger partial charge in [-0.1, -0.05) is 29.3 Å². The van der Waals surface area contributed by atoms with Gasteiger partial charge in [0, 0.05) is 46.0 Å².